The lowest BCUT2D eigenvalue weighted by atomic mass is 10.1. The molecule has 2 heterocycles. The van der Waals surface area contributed by atoms with E-state index in [1.807, 2.05) is 24.3 Å². The highest BCUT2D eigenvalue weighted by Crippen LogP contribution is 2.35. The third-order valence-electron chi connectivity index (χ3n) is 2.67. The fourth-order valence-corrected chi connectivity index (χ4v) is 2.09. The molecule has 0 saturated carbocycles. The number of carboxylic acid groups (broad SMARTS) is 1. The Kier molecular flexibility index (Phi) is 2.34. The minimum Gasteiger partial charge on any atom is -0.476 e. The number of aromatic carboxylic acids is 1. The van der Waals surface area contributed by atoms with Gasteiger partial charge in [0.2, 0.25) is 5.69 Å². The van der Waals surface area contributed by atoms with E-state index in [0.717, 1.165) is 10.9 Å². The van der Waals surface area contributed by atoms with Gasteiger partial charge in [-0.2, -0.15) is 0 Å². The summed E-state index contributed by atoms with van der Waals surface area (Å²) in [7, 11) is 0. The lowest BCUT2D eigenvalue weighted by Gasteiger charge is -1.93. The second-order valence-electron chi connectivity index (χ2n) is 3.73. The summed E-state index contributed by atoms with van der Waals surface area (Å²) in [6.07, 6.45) is 1.71. The number of fused-ring (bicyclic) bond motifs is 1. The number of nitrogens with one attached hydrogen (secondary N) is 1. The van der Waals surface area contributed by atoms with Crippen molar-refractivity contribution in [3.8, 4) is 11.3 Å². The average Bonchev–Trinajstić information content (AvgIpc) is 2.92. The molecule has 3 rings (SSSR count). The number of hydrogen-bond donors (Lipinski definition) is 2. The molecule has 0 aliphatic heterocycles. The molecule has 5 nitrogen and oxygen atoms in total. The molecule has 0 aliphatic carbocycles. The van der Waals surface area contributed by atoms with Crippen LogP contribution in [0.5, 0.6) is 0 Å². The first-order valence-electron chi connectivity index (χ1n) is 5.13. The Morgan fingerprint density at radius 2 is 2.17 bits per heavy atom. The lowest BCUT2D eigenvalue weighted by molar-refractivity contribution is 0.0686. The number of aromatic nitrogens is 2. The van der Waals surface area contributed by atoms with Gasteiger partial charge in [-0.25, -0.2) is 4.79 Å². The molecule has 0 bridgehead atoms. The van der Waals surface area contributed by atoms with E-state index in [4.69, 9.17) is 21.2 Å². The summed E-state index contributed by atoms with van der Waals surface area (Å²) in [6.45, 7) is 0. The van der Waals surface area contributed by atoms with Gasteiger partial charge in [-0.1, -0.05) is 35.0 Å². The van der Waals surface area contributed by atoms with E-state index in [2.05, 4.69) is 10.1 Å². The fourth-order valence-electron chi connectivity index (χ4n) is 1.84. The summed E-state index contributed by atoms with van der Waals surface area (Å²) in [4.78, 5) is 13.9. The van der Waals surface area contributed by atoms with Gasteiger partial charge in [-0.3, -0.25) is 0 Å². The van der Waals surface area contributed by atoms with Crippen LogP contribution in [-0.2, 0) is 0 Å². The van der Waals surface area contributed by atoms with Gasteiger partial charge in [0.15, 0.2) is 5.76 Å². The zero-order chi connectivity index (χ0) is 12.7. The summed E-state index contributed by atoms with van der Waals surface area (Å²) in [6, 6.07) is 7.57. The van der Waals surface area contributed by atoms with Gasteiger partial charge >= 0.3 is 5.97 Å². The molecular formula is C12H7ClN2O3. The smallest absolute Gasteiger partial charge is 0.359 e. The van der Waals surface area contributed by atoms with Crippen LogP contribution in [0.15, 0.2) is 35.0 Å². The van der Waals surface area contributed by atoms with Crippen LogP contribution >= 0.6 is 11.6 Å². The Labute approximate surface area is 106 Å². The molecule has 0 fully saturated rings. The van der Waals surface area contributed by atoms with E-state index < -0.39 is 5.97 Å². The Bertz CT molecular complexity index is 745. The maximum Gasteiger partial charge on any atom is 0.359 e. The Morgan fingerprint density at radius 3 is 2.89 bits per heavy atom. The molecule has 0 aliphatic rings. The van der Waals surface area contributed by atoms with Crippen molar-refractivity contribution in [2.24, 2.45) is 0 Å². The summed E-state index contributed by atoms with van der Waals surface area (Å²) in [5.74, 6) is -0.957. The van der Waals surface area contributed by atoms with Gasteiger partial charge in [0.25, 0.3) is 0 Å². The first-order chi connectivity index (χ1) is 8.68. The van der Waals surface area contributed by atoms with Crippen LogP contribution < -0.4 is 0 Å². The summed E-state index contributed by atoms with van der Waals surface area (Å²) < 4.78 is 5.03. The van der Waals surface area contributed by atoms with Crippen molar-refractivity contribution in [3.05, 3.63) is 41.2 Å². The Balaban J connectivity index is 2.24. The van der Waals surface area contributed by atoms with Gasteiger partial charge in [0.1, 0.15) is 5.02 Å². The van der Waals surface area contributed by atoms with Gasteiger partial charge < -0.3 is 14.6 Å². The highest BCUT2D eigenvalue weighted by Gasteiger charge is 2.22. The quantitative estimate of drug-likeness (QED) is 0.743. The monoisotopic (exact) mass is 262 g/mol. The van der Waals surface area contributed by atoms with E-state index in [9.17, 15) is 4.79 Å². The van der Waals surface area contributed by atoms with E-state index in [0.29, 0.717) is 5.56 Å². The van der Waals surface area contributed by atoms with E-state index in [1.165, 1.54) is 0 Å². The van der Waals surface area contributed by atoms with Crippen molar-refractivity contribution in [2.75, 3.05) is 0 Å². The van der Waals surface area contributed by atoms with Gasteiger partial charge in [-0.15, -0.1) is 0 Å². The number of benzene rings is 1. The Morgan fingerprint density at radius 1 is 1.39 bits per heavy atom. The second-order valence-corrected chi connectivity index (χ2v) is 4.11. The zero-order valence-corrected chi connectivity index (χ0v) is 9.73. The number of carbonyl (C=O) groups is 1. The molecular weight excluding hydrogens is 256 g/mol. The Hall–Kier alpha value is -2.27. The predicted molar refractivity (Wildman–Crippen MR) is 65.8 cm³/mol. The average molecular weight is 263 g/mol. The molecule has 0 spiro atoms. The highest BCUT2D eigenvalue weighted by molar-refractivity contribution is 6.35. The number of hydrogen-bond acceptors (Lipinski definition) is 3. The molecule has 2 N–H and O–H groups in total. The SMILES string of the molecule is O=C(O)c1noc(-c2c[nH]c3ccccc23)c1Cl. The standard InChI is InChI=1S/C12H7ClN2O3/c13-9-10(12(16)17)15-18-11(9)7-5-14-8-4-2-1-3-6(7)8/h1-5,14H,(H,16,17). The highest BCUT2D eigenvalue weighted by atomic mass is 35.5. The summed E-state index contributed by atoms with van der Waals surface area (Å²) in [5.41, 5.74) is 1.32. The van der Waals surface area contributed by atoms with Crippen LogP contribution in [0.4, 0.5) is 0 Å². The first kappa shape index (κ1) is 10.9. The molecule has 18 heavy (non-hydrogen) atoms. The van der Waals surface area contributed by atoms with Crippen LogP contribution in [0.3, 0.4) is 0 Å². The van der Waals surface area contributed by atoms with Crippen LogP contribution in [0.2, 0.25) is 5.02 Å². The van der Waals surface area contributed by atoms with Gasteiger partial charge in [0.05, 0.1) is 0 Å². The molecule has 0 amide bonds. The predicted octanol–water partition coefficient (Wildman–Crippen LogP) is 3.17. The third kappa shape index (κ3) is 1.48. The van der Waals surface area contributed by atoms with E-state index >= 15 is 0 Å². The number of rotatable bonds is 2. The van der Waals surface area contributed by atoms with Crippen LogP contribution in [0.1, 0.15) is 10.5 Å². The third-order valence-corrected chi connectivity index (χ3v) is 3.02. The lowest BCUT2D eigenvalue weighted by Crippen LogP contribution is -1.96. The van der Waals surface area contributed by atoms with Crippen molar-refractivity contribution in [3.63, 3.8) is 0 Å². The minimum atomic E-state index is -1.21. The molecule has 3 aromatic rings. The van der Waals surface area contributed by atoms with Crippen LogP contribution in [-0.4, -0.2) is 21.2 Å². The normalized spacial score (nSPS) is 10.9. The molecule has 0 radical (unpaired) electrons. The van der Waals surface area contributed by atoms with Crippen molar-refractivity contribution in [1.82, 2.24) is 10.1 Å². The molecule has 6 heteroatoms. The molecule has 0 unspecified atom stereocenters. The van der Waals surface area contributed by atoms with Crippen LogP contribution in [0.25, 0.3) is 22.2 Å². The molecule has 2 aromatic heterocycles. The maximum atomic E-state index is 10.9. The molecule has 0 saturated heterocycles. The fraction of sp³-hybridized carbons (Fsp3) is 0. The molecule has 90 valence electrons. The number of aromatic amines is 1. The maximum absolute atomic E-state index is 10.9. The minimum absolute atomic E-state index is 0.00672. The zero-order valence-electron chi connectivity index (χ0n) is 8.98. The summed E-state index contributed by atoms with van der Waals surface area (Å²) in [5, 5.41) is 13.2. The number of halogens is 1. The van der Waals surface area contributed by atoms with Gasteiger partial charge in [0, 0.05) is 22.7 Å². The molecule has 0 atom stereocenters. The first-order valence-corrected chi connectivity index (χ1v) is 5.51. The van der Waals surface area contributed by atoms with Crippen molar-refractivity contribution >= 4 is 28.5 Å². The number of carboxylic acids is 1. The van der Waals surface area contributed by atoms with Gasteiger partial charge in [-0.05, 0) is 6.07 Å². The van der Waals surface area contributed by atoms with Crippen molar-refractivity contribution in [2.45, 2.75) is 0 Å². The second kappa shape index (κ2) is 3.89. The van der Waals surface area contributed by atoms with Crippen molar-refractivity contribution in [1.29, 1.82) is 0 Å². The summed E-state index contributed by atoms with van der Waals surface area (Å²) >= 11 is 5.96. The largest absolute Gasteiger partial charge is 0.476 e. The molecule has 1 aromatic carbocycles. The van der Waals surface area contributed by atoms with Crippen molar-refractivity contribution < 1.29 is 14.4 Å². The topological polar surface area (TPSA) is 79.1 Å². The number of para-hydroxylation sites is 1. The number of nitrogens with zero attached hydrogens (tertiary/aromatic N) is 1. The van der Waals surface area contributed by atoms with Crippen LogP contribution in [0, 0.1) is 0 Å². The van der Waals surface area contributed by atoms with E-state index in [-0.39, 0.29) is 16.5 Å². The number of H-pyrrole nitrogens is 1. The van der Waals surface area contributed by atoms with E-state index in [1.54, 1.807) is 6.20 Å².